The first-order valence-electron chi connectivity index (χ1n) is 3.96. The van der Waals surface area contributed by atoms with Crippen LogP contribution in [0.15, 0.2) is 0 Å². The second-order valence-corrected chi connectivity index (χ2v) is 2.98. The molecule has 0 saturated heterocycles. The number of Topliss-reactive ketones (excluding diaryl/α,β-unsaturated/α-hetero) is 1. The Labute approximate surface area is 81.3 Å². The lowest BCUT2D eigenvalue weighted by molar-refractivity contribution is -0.132. The van der Waals surface area contributed by atoms with E-state index < -0.39 is 5.41 Å². The van der Waals surface area contributed by atoms with Crippen LogP contribution in [-0.2, 0) is 4.79 Å². The van der Waals surface area contributed by atoms with E-state index in [0.717, 1.165) is 0 Å². The molecule has 0 aromatic rings. The molecule has 3 N–H and O–H groups in total. The summed E-state index contributed by atoms with van der Waals surface area (Å²) in [5.74, 6) is -0.235. The smallest absolute Gasteiger partial charge is 0.140 e. The van der Waals surface area contributed by atoms with Gasteiger partial charge in [-0.25, -0.2) is 0 Å². The van der Waals surface area contributed by atoms with Crippen molar-refractivity contribution in [2.24, 2.45) is 5.41 Å². The summed E-state index contributed by atoms with van der Waals surface area (Å²) in [6.07, 6.45) is 0.743. The number of carbonyl (C=O) groups excluding carboxylic acids is 1. The van der Waals surface area contributed by atoms with Crippen LogP contribution in [0.4, 0.5) is 9.41 Å². The van der Waals surface area contributed by atoms with Crippen LogP contribution in [0.3, 0.4) is 0 Å². The average molecular weight is 216 g/mol. The molecule has 0 spiro atoms. The maximum absolute atomic E-state index is 11.0. The van der Waals surface area contributed by atoms with Gasteiger partial charge in [0.15, 0.2) is 0 Å². The maximum Gasteiger partial charge on any atom is 0.140 e. The third-order valence-electron chi connectivity index (χ3n) is 2.17. The van der Waals surface area contributed by atoms with Crippen LogP contribution < -0.4 is 0 Å². The lowest BCUT2D eigenvalue weighted by Gasteiger charge is -2.26. The largest absolute Gasteiger partial charge is 0.396 e. The fourth-order valence-corrected chi connectivity index (χ4v) is 1.02. The normalized spacial score (nSPS) is 10.0. The van der Waals surface area contributed by atoms with E-state index in [2.05, 4.69) is 0 Å². The number of hydrogen-bond donors (Lipinski definition) is 3. The molecule has 0 fully saturated rings. The third-order valence-corrected chi connectivity index (χ3v) is 2.17. The van der Waals surface area contributed by atoms with Crippen LogP contribution in [-0.4, -0.2) is 40.9 Å². The summed E-state index contributed by atoms with van der Waals surface area (Å²) in [5, 5.41) is 26.4. The summed E-state index contributed by atoms with van der Waals surface area (Å²) >= 11 is 0. The maximum atomic E-state index is 11.0. The SMILES string of the molecule is CC(=O)C(CO)(CO)CCCO.F.F. The van der Waals surface area contributed by atoms with Crippen LogP contribution in [0.25, 0.3) is 0 Å². The Hall–Kier alpha value is -0.590. The number of hydrogen-bond acceptors (Lipinski definition) is 4. The first-order chi connectivity index (χ1) is 5.63. The predicted octanol–water partition coefficient (Wildman–Crippen LogP) is -0.376. The Bertz CT molecular complexity index is 148. The molecule has 0 amide bonds. The molecule has 0 aliphatic heterocycles. The molecule has 0 atom stereocenters. The molecule has 0 aliphatic rings. The number of aliphatic hydroxyl groups excluding tert-OH is 3. The minimum atomic E-state index is -1.05. The van der Waals surface area contributed by atoms with Crippen molar-refractivity contribution in [3.8, 4) is 0 Å². The van der Waals surface area contributed by atoms with E-state index in [9.17, 15) is 4.79 Å². The van der Waals surface area contributed by atoms with Gasteiger partial charge in [0.1, 0.15) is 5.78 Å². The van der Waals surface area contributed by atoms with E-state index in [-0.39, 0.29) is 35.0 Å². The molecule has 0 saturated carbocycles. The first-order valence-corrected chi connectivity index (χ1v) is 3.96. The molecule has 14 heavy (non-hydrogen) atoms. The summed E-state index contributed by atoms with van der Waals surface area (Å²) in [6.45, 7) is 0.580. The van der Waals surface area contributed by atoms with Crippen LogP contribution in [0.5, 0.6) is 0 Å². The molecule has 0 rings (SSSR count). The van der Waals surface area contributed by atoms with Crippen molar-refractivity contribution < 1.29 is 29.5 Å². The number of aliphatic hydroxyl groups is 3. The second kappa shape index (κ2) is 8.98. The highest BCUT2D eigenvalue weighted by atomic mass is 19.0. The van der Waals surface area contributed by atoms with E-state index in [4.69, 9.17) is 15.3 Å². The monoisotopic (exact) mass is 216 g/mol. The van der Waals surface area contributed by atoms with E-state index >= 15 is 0 Å². The van der Waals surface area contributed by atoms with Crippen molar-refractivity contribution in [2.75, 3.05) is 19.8 Å². The van der Waals surface area contributed by atoms with Crippen molar-refractivity contribution >= 4 is 5.78 Å². The lowest BCUT2D eigenvalue weighted by Crippen LogP contribution is -2.37. The zero-order valence-electron chi connectivity index (χ0n) is 8.10. The Balaban J connectivity index is -0.000000605. The average Bonchev–Trinajstić information content (AvgIpc) is 2.07. The molecule has 0 unspecified atom stereocenters. The third kappa shape index (κ3) is 4.59. The van der Waals surface area contributed by atoms with Gasteiger partial charge >= 0.3 is 0 Å². The summed E-state index contributed by atoms with van der Waals surface area (Å²) in [7, 11) is 0. The Morgan fingerprint density at radius 1 is 1.14 bits per heavy atom. The van der Waals surface area contributed by atoms with Crippen molar-refractivity contribution in [1.82, 2.24) is 0 Å². The molecular formula is C8H18F2O4. The molecule has 0 bridgehead atoms. The summed E-state index contributed by atoms with van der Waals surface area (Å²) in [6, 6.07) is 0. The molecule has 0 aromatic heterocycles. The van der Waals surface area contributed by atoms with Gasteiger partial charge in [-0.3, -0.25) is 14.2 Å². The number of rotatable bonds is 6. The molecule has 6 heteroatoms. The predicted molar refractivity (Wildman–Crippen MR) is 48.6 cm³/mol. The molecule has 4 nitrogen and oxygen atoms in total. The molecule has 0 aliphatic carbocycles. The van der Waals surface area contributed by atoms with Crippen LogP contribution in [0, 0.1) is 5.41 Å². The van der Waals surface area contributed by atoms with Gasteiger partial charge in [-0.15, -0.1) is 0 Å². The molecule has 0 aromatic carbocycles. The van der Waals surface area contributed by atoms with Crippen molar-refractivity contribution in [1.29, 1.82) is 0 Å². The highest BCUT2D eigenvalue weighted by molar-refractivity contribution is 5.82. The zero-order valence-corrected chi connectivity index (χ0v) is 8.10. The van der Waals surface area contributed by atoms with Crippen molar-refractivity contribution in [2.45, 2.75) is 19.8 Å². The van der Waals surface area contributed by atoms with E-state index in [1.807, 2.05) is 0 Å². The minimum Gasteiger partial charge on any atom is -0.396 e. The fraction of sp³-hybridized carbons (Fsp3) is 0.875. The summed E-state index contributed by atoms with van der Waals surface area (Å²) < 4.78 is 0. The Kier molecular flexibility index (Phi) is 12.2. The summed E-state index contributed by atoms with van der Waals surface area (Å²) in [5.41, 5.74) is -1.05. The Morgan fingerprint density at radius 3 is 1.79 bits per heavy atom. The topological polar surface area (TPSA) is 77.8 Å². The van der Waals surface area contributed by atoms with Gasteiger partial charge in [-0.05, 0) is 19.8 Å². The van der Waals surface area contributed by atoms with Crippen molar-refractivity contribution in [3.05, 3.63) is 0 Å². The Morgan fingerprint density at radius 2 is 1.57 bits per heavy atom. The van der Waals surface area contributed by atoms with Gasteiger partial charge in [0.05, 0.1) is 18.6 Å². The zero-order chi connectivity index (χ0) is 9.61. The number of halogens is 2. The standard InChI is InChI=1S/C8H16O4.2FH/c1-7(12)8(5-10,6-11)3-2-4-9;;/h9-11H,2-6H2,1H3;2*1H. The quantitative estimate of drug-likeness (QED) is 0.566. The molecular weight excluding hydrogens is 198 g/mol. The van der Waals surface area contributed by atoms with Gasteiger partial charge in [0.25, 0.3) is 0 Å². The van der Waals surface area contributed by atoms with E-state index in [0.29, 0.717) is 12.8 Å². The molecule has 88 valence electrons. The molecule has 0 radical (unpaired) electrons. The van der Waals surface area contributed by atoms with Crippen LogP contribution >= 0.6 is 0 Å². The van der Waals surface area contributed by atoms with Gasteiger partial charge in [-0.1, -0.05) is 0 Å². The number of carbonyl (C=O) groups is 1. The van der Waals surface area contributed by atoms with E-state index in [1.165, 1.54) is 6.92 Å². The van der Waals surface area contributed by atoms with Gasteiger partial charge < -0.3 is 15.3 Å². The number of ketones is 1. The fourth-order valence-electron chi connectivity index (χ4n) is 1.02. The van der Waals surface area contributed by atoms with Gasteiger partial charge in [0.2, 0.25) is 0 Å². The highest BCUT2D eigenvalue weighted by Gasteiger charge is 2.33. The van der Waals surface area contributed by atoms with Gasteiger partial charge in [0, 0.05) is 6.61 Å². The highest BCUT2D eigenvalue weighted by Crippen LogP contribution is 2.23. The first kappa shape index (κ1) is 19.1. The van der Waals surface area contributed by atoms with Gasteiger partial charge in [-0.2, -0.15) is 0 Å². The summed E-state index contributed by atoms with van der Waals surface area (Å²) in [4.78, 5) is 11.0. The lowest BCUT2D eigenvalue weighted by atomic mass is 9.81. The van der Waals surface area contributed by atoms with Crippen LogP contribution in [0.2, 0.25) is 0 Å². The minimum absolute atomic E-state index is 0. The van der Waals surface area contributed by atoms with Crippen molar-refractivity contribution in [3.63, 3.8) is 0 Å². The second-order valence-electron chi connectivity index (χ2n) is 2.98. The van der Waals surface area contributed by atoms with E-state index in [1.54, 1.807) is 0 Å². The molecule has 0 heterocycles. The van der Waals surface area contributed by atoms with Crippen LogP contribution in [0.1, 0.15) is 19.8 Å².